The number of nitrogens with zero attached hydrogens (tertiary/aromatic N) is 2. The van der Waals surface area contributed by atoms with Gasteiger partial charge in [0.05, 0.1) is 10.6 Å². The lowest BCUT2D eigenvalue weighted by atomic mass is 9.82. The molecule has 3 rings (SSSR count). The van der Waals surface area contributed by atoms with Crippen molar-refractivity contribution in [2.24, 2.45) is 11.8 Å². The summed E-state index contributed by atoms with van der Waals surface area (Å²) in [5, 5.41) is 0.0937. The molecule has 0 radical (unpaired) electrons. The molecule has 2 nitrogen and oxygen atoms in total. The molecule has 0 spiro atoms. The van der Waals surface area contributed by atoms with E-state index < -0.39 is 5.82 Å². The van der Waals surface area contributed by atoms with Gasteiger partial charge in [0.1, 0.15) is 5.82 Å². The average Bonchev–Trinajstić information content (AvgIpc) is 2.68. The van der Waals surface area contributed by atoms with Gasteiger partial charge in [-0.25, -0.2) is 14.4 Å². The van der Waals surface area contributed by atoms with E-state index in [-0.39, 0.29) is 5.02 Å². The van der Waals surface area contributed by atoms with Crippen molar-refractivity contribution in [2.75, 3.05) is 0 Å². The molecule has 0 atom stereocenters. The molecule has 134 valence electrons. The second kappa shape index (κ2) is 8.96. The van der Waals surface area contributed by atoms with Gasteiger partial charge in [0, 0.05) is 23.9 Å². The van der Waals surface area contributed by atoms with Crippen LogP contribution in [0.5, 0.6) is 0 Å². The molecule has 0 aliphatic heterocycles. The third-order valence-corrected chi connectivity index (χ3v) is 4.97. The summed E-state index contributed by atoms with van der Waals surface area (Å²) in [6, 6.07) is 4.56. The van der Waals surface area contributed by atoms with E-state index in [2.05, 4.69) is 40.9 Å². The van der Waals surface area contributed by atoms with Crippen LogP contribution in [0.15, 0.2) is 42.7 Å². The minimum absolute atomic E-state index is 0.0937. The first-order chi connectivity index (χ1) is 12.7. The molecule has 1 aromatic carbocycles. The molecule has 26 heavy (non-hydrogen) atoms. The zero-order chi connectivity index (χ0) is 18.4. The van der Waals surface area contributed by atoms with Crippen molar-refractivity contribution in [1.29, 1.82) is 0 Å². The van der Waals surface area contributed by atoms with Crippen LogP contribution in [0, 0.1) is 29.5 Å². The minimum atomic E-state index is -0.471. The van der Waals surface area contributed by atoms with Gasteiger partial charge in [-0.2, -0.15) is 0 Å². The molecule has 1 aliphatic rings. The zero-order valence-corrected chi connectivity index (χ0v) is 15.6. The Morgan fingerprint density at radius 1 is 1.19 bits per heavy atom. The van der Waals surface area contributed by atoms with E-state index in [0.717, 1.165) is 30.7 Å². The Balaban J connectivity index is 1.61. The minimum Gasteiger partial charge on any atom is -0.235 e. The highest BCUT2D eigenvalue weighted by atomic mass is 35.5. The molecule has 1 heterocycles. The van der Waals surface area contributed by atoms with E-state index in [4.69, 9.17) is 11.6 Å². The lowest BCUT2D eigenvalue weighted by Crippen LogP contribution is -2.11. The van der Waals surface area contributed by atoms with Crippen LogP contribution in [0.4, 0.5) is 4.39 Å². The predicted molar refractivity (Wildman–Crippen MR) is 104 cm³/mol. The molecule has 4 heteroatoms. The van der Waals surface area contributed by atoms with Crippen LogP contribution in [0.2, 0.25) is 5.02 Å². The molecule has 2 aromatic rings. The summed E-state index contributed by atoms with van der Waals surface area (Å²) in [5.41, 5.74) is 1.39. The maximum Gasteiger partial charge on any atom is 0.159 e. The quantitative estimate of drug-likeness (QED) is 0.486. The Morgan fingerprint density at radius 3 is 2.58 bits per heavy atom. The topological polar surface area (TPSA) is 25.8 Å². The summed E-state index contributed by atoms with van der Waals surface area (Å²) in [7, 11) is 0. The highest BCUT2D eigenvalue weighted by Gasteiger charge is 2.17. The first-order valence-corrected chi connectivity index (χ1v) is 9.49. The van der Waals surface area contributed by atoms with E-state index in [9.17, 15) is 4.39 Å². The first-order valence-electron chi connectivity index (χ1n) is 9.11. The first kappa shape index (κ1) is 18.6. The van der Waals surface area contributed by atoms with E-state index in [1.807, 2.05) is 0 Å². The van der Waals surface area contributed by atoms with Crippen molar-refractivity contribution < 1.29 is 4.39 Å². The lowest BCUT2D eigenvalue weighted by molar-refractivity contribution is 0.364. The lowest BCUT2D eigenvalue weighted by Gasteiger charge is -2.23. The number of rotatable bonds is 3. The van der Waals surface area contributed by atoms with E-state index in [1.54, 1.807) is 18.5 Å². The Morgan fingerprint density at radius 2 is 1.92 bits per heavy atom. The molecular formula is C22H22ClFN2. The second-order valence-corrected chi connectivity index (χ2v) is 7.05. The van der Waals surface area contributed by atoms with E-state index in [1.165, 1.54) is 25.0 Å². The fourth-order valence-corrected chi connectivity index (χ4v) is 3.26. The van der Waals surface area contributed by atoms with Gasteiger partial charge in [0.2, 0.25) is 0 Å². The molecule has 1 fully saturated rings. The maximum atomic E-state index is 13.6. The SMILES string of the molecule is CCC=CC1CCC(C#Cc2cnc(-c3ccc(Cl)c(F)c3)nc2)CC1. The van der Waals surface area contributed by atoms with Gasteiger partial charge in [-0.15, -0.1) is 0 Å². The van der Waals surface area contributed by atoms with Crippen LogP contribution in [0.1, 0.15) is 44.6 Å². The highest BCUT2D eigenvalue weighted by molar-refractivity contribution is 6.30. The third kappa shape index (κ3) is 4.93. The van der Waals surface area contributed by atoms with Gasteiger partial charge in [-0.3, -0.25) is 0 Å². The van der Waals surface area contributed by atoms with Gasteiger partial charge in [-0.1, -0.05) is 42.5 Å². The monoisotopic (exact) mass is 368 g/mol. The van der Waals surface area contributed by atoms with Crippen LogP contribution < -0.4 is 0 Å². The molecule has 1 aromatic heterocycles. The maximum absolute atomic E-state index is 13.6. The molecule has 0 bridgehead atoms. The summed E-state index contributed by atoms with van der Waals surface area (Å²) >= 11 is 5.70. The van der Waals surface area contributed by atoms with Crippen LogP contribution >= 0.6 is 11.6 Å². The molecule has 0 saturated heterocycles. The van der Waals surface area contributed by atoms with Gasteiger partial charge < -0.3 is 0 Å². The summed E-state index contributed by atoms with van der Waals surface area (Å²) in [5.74, 6) is 7.71. The number of benzene rings is 1. The molecule has 0 unspecified atom stereocenters. The Hall–Kier alpha value is -2.18. The van der Waals surface area contributed by atoms with E-state index >= 15 is 0 Å². The average molecular weight is 369 g/mol. The van der Waals surface area contributed by atoms with Gasteiger partial charge in [0.25, 0.3) is 0 Å². The zero-order valence-electron chi connectivity index (χ0n) is 14.9. The second-order valence-electron chi connectivity index (χ2n) is 6.64. The Labute approximate surface area is 159 Å². The Kier molecular flexibility index (Phi) is 6.41. The largest absolute Gasteiger partial charge is 0.235 e. The number of aromatic nitrogens is 2. The van der Waals surface area contributed by atoms with Crippen LogP contribution in [0.3, 0.4) is 0 Å². The Bertz CT molecular complexity index is 825. The van der Waals surface area contributed by atoms with Crippen molar-refractivity contribution in [3.8, 4) is 23.2 Å². The summed E-state index contributed by atoms with van der Waals surface area (Å²) in [6.45, 7) is 2.17. The van der Waals surface area contributed by atoms with Crippen LogP contribution in [-0.4, -0.2) is 9.97 Å². The summed E-state index contributed by atoms with van der Waals surface area (Å²) in [4.78, 5) is 8.59. The number of halogens is 2. The number of hydrogen-bond acceptors (Lipinski definition) is 2. The smallest absolute Gasteiger partial charge is 0.159 e. The van der Waals surface area contributed by atoms with Crippen LogP contribution in [0.25, 0.3) is 11.4 Å². The van der Waals surface area contributed by atoms with Crippen molar-refractivity contribution in [1.82, 2.24) is 9.97 Å². The molecule has 0 amide bonds. The van der Waals surface area contributed by atoms with Crippen molar-refractivity contribution >= 4 is 11.6 Å². The third-order valence-electron chi connectivity index (χ3n) is 4.67. The fraction of sp³-hybridized carbons (Fsp3) is 0.364. The molecule has 1 saturated carbocycles. The van der Waals surface area contributed by atoms with Crippen LogP contribution in [-0.2, 0) is 0 Å². The van der Waals surface area contributed by atoms with Crippen molar-refractivity contribution in [3.63, 3.8) is 0 Å². The number of hydrogen-bond donors (Lipinski definition) is 0. The van der Waals surface area contributed by atoms with E-state index in [0.29, 0.717) is 17.3 Å². The normalized spacial score (nSPS) is 20.0. The standard InChI is InChI=1S/C22H22ClFN2/c1-2-3-4-16-5-7-17(8-6-16)9-10-18-14-25-22(26-15-18)19-11-12-20(23)21(24)13-19/h3-4,11-17H,2,5-8H2,1H3. The predicted octanol–water partition coefficient (Wildman–Crippen LogP) is 6.06. The molecule has 1 aliphatic carbocycles. The summed E-state index contributed by atoms with van der Waals surface area (Å²) < 4.78 is 13.6. The summed E-state index contributed by atoms with van der Waals surface area (Å²) in [6.07, 6.45) is 13.8. The highest BCUT2D eigenvalue weighted by Crippen LogP contribution is 2.29. The molecule has 0 N–H and O–H groups in total. The number of allylic oxidation sites excluding steroid dienone is 2. The van der Waals surface area contributed by atoms with Gasteiger partial charge >= 0.3 is 0 Å². The van der Waals surface area contributed by atoms with Gasteiger partial charge in [0.15, 0.2) is 5.82 Å². The van der Waals surface area contributed by atoms with Gasteiger partial charge in [-0.05, 0) is 56.2 Å². The fourth-order valence-electron chi connectivity index (χ4n) is 3.15. The van der Waals surface area contributed by atoms with Crippen molar-refractivity contribution in [2.45, 2.75) is 39.0 Å². The molecular weight excluding hydrogens is 347 g/mol. The van der Waals surface area contributed by atoms with Crippen molar-refractivity contribution in [3.05, 3.63) is 59.1 Å².